The van der Waals surface area contributed by atoms with Crippen molar-refractivity contribution in [1.82, 2.24) is 0 Å². The van der Waals surface area contributed by atoms with E-state index in [1.165, 1.54) is 64.2 Å². The van der Waals surface area contributed by atoms with Crippen LogP contribution in [-0.2, 0) is 39.8 Å². The van der Waals surface area contributed by atoms with Gasteiger partial charge in [-0.05, 0) is 33.6 Å². The Bertz CT molecular complexity index is 721. The van der Waals surface area contributed by atoms with E-state index < -0.39 is 26.4 Å². The van der Waals surface area contributed by atoms with Gasteiger partial charge in [0.1, 0.15) is 0 Å². The zero-order chi connectivity index (χ0) is 35.0. The van der Waals surface area contributed by atoms with Gasteiger partial charge < -0.3 is 39.8 Å². The van der Waals surface area contributed by atoms with Crippen LogP contribution in [0.4, 0.5) is 0 Å². The van der Waals surface area contributed by atoms with Crippen LogP contribution in [0.15, 0.2) is 30.3 Å². The molecular formula is C34H72O9Si3. The standard InChI is InChI=1S/C13H30O3Si.C12H20O3Si.C9H22O3Si/c1-5-6-7-8-9-10-11-12-13-17(14-2,15-3)16-4;1-4-13-16(14-5-2,15-6-3)12-10-8-7-9-11-12;1-5-6-7-8-9-13(10-2,11-3)12-4/h5-13H2,1-4H3;7-11H,4-6H2,1-3H3;5-9H2,1-4H3. The monoisotopic (exact) mass is 708 g/mol. The molecule has 274 valence electrons. The van der Waals surface area contributed by atoms with Gasteiger partial charge in [-0.15, -0.1) is 0 Å². The Morgan fingerprint density at radius 1 is 0.413 bits per heavy atom. The third kappa shape index (κ3) is 20.8. The van der Waals surface area contributed by atoms with Crippen molar-refractivity contribution in [3.05, 3.63) is 30.3 Å². The van der Waals surface area contributed by atoms with Gasteiger partial charge in [0.2, 0.25) is 0 Å². The molecule has 0 aliphatic heterocycles. The quantitative estimate of drug-likeness (QED) is 0.0661. The Morgan fingerprint density at radius 3 is 1.02 bits per heavy atom. The summed E-state index contributed by atoms with van der Waals surface area (Å²) < 4.78 is 49.5. The van der Waals surface area contributed by atoms with Gasteiger partial charge in [0, 0.05) is 79.8 Å². The van der Waals surface area contributed by atoms with Gasteiger partial charge in [-0.2, -0.15) is 0 Å². The van der Waals surface area contributed by atoms with Gasteiger partial charge in [-0.25, -0.2) is 0 Å². The number of rotatable bonds is 27. The van der Waals surface area contributed by atoms with Crippen molar-refractivity contribution in [3.8, 4) is 0 Å². The minimum Gasteiger partial charge on any atom is -0.377 e. The first kappa shape index (κ1) is 47.6. The van der Waals surface area contributed by atoms with Crippen molar-refractivity contribution in [2.24, 2.45) is 0 Å². The lowest BCUT2D eigenvalue weighted by Gasteiger charge is -2.28. The highest BCUT2D eigenvalue weighted by atomic mass is 28.4. The van der Waals surface area contributed by atoms with Crippen LogP contribution in [0.1, 0.15) is 112 Å². The summed E-state index contributed by atoms with van der Waals surface area (Å²) in [4.78, 5) is 0. The summed E-state index contributed by atoms with van der Waals surface area (Å²) in [5, 5.41) is 1.03. The van der Waals surface area contributed by atoms with Crippen LogP contribution in [-0.4, -0.2) is 88.9 Å². The lowest BCUT2D eigenvalue weighted by Crippen LogP contribution is -2.56. The molecule has 0 aromatic heterocycles. The average molecular weight is 709 g/mol. The molecule has 0 atom stereocenters. The first-order chi connectivity index (χ1) is 22.3. The number of hydrogen-bond donors (Lipinski definition) is 0. The smallest absolute Gasteiger partial charge is 0.377 e. The largest absolute Gasteiger partial charge is 0.537 e. The summed E-state index contributed by atoms with van der Waals surface area (Å²) in [5.41, 5.74) is 0. The van der Waals surface area contributed by atoms with Crippen LogP contribution in [0.2, 0.25) is 12.1 Å². The van der Waals surface area contributed by atoms with E-state index in [0.29, 0.717) is 19.8 Å². The minimum atomic E-state index is -2.67. The predicted octanol–water partition coefficient (Wildman–Crippen LogP) is 8.39. The predicted molar refractivity (Wildman–Crippen MR) is 197 cm³/mol. The van der Waals surface area contributed by atoms with Crippen LogP contribution in [0, 0.1) is 0 Å². The van der Waals surface area contributed by atoms with Crippen molar-refractivity contribution in [2.75, 3.05) is 62.5 Å². The summed E-state index contributed by atoms with van der Waals surface area (Å²) in [7, 11) is 2.81. The lowest BCUT2D eigenvalue weighted by atomic mass is 10.1. The Kier molecular flexibility index (Phi) is 32.9. The molecule has 46 heavy (non-hydrogen) atoms. The van der Waals surface area contributed by atoms with Crippen molar-refractivity contribution in [2.45, 2.75) is 124 Å². The minimum absolute atomic E-state index is 0.598. The second-order valence-electron chi connectivity index (χ2n) is 10.8. The Balaban J connectivity index is 0. The second kappa shape index (κ2) is 31.8. The van der Waals surface area contributed by atoms with Gasteiger partial charge >= 0.3 is 26.4 Å². The molecule has 1 aromatic rings. The molecule has 0 saturated heterocycles. The SMILES string of the molecule is CCCCCCCCCC[Si](OC)(OC)OC.CCCCCC[Si](OC)(OC)OC.CCO[Si](OCC)(OCC)c1ccccc1. The summed E-state index contributed by atoms with van der Waals surface area (Å²) in [6, 6.07) is 11.8. The molecule has 0 amide bonds. The Morgan fingerprint density at radius 2 is 0.717 bits per heavy atom. The molecule has 0 radical (unpaired) electrons. The van der Waals surface area contributed by atoms with E-state index in [-0.39, 0.29) is 0 Å². The molecule has 9 nitrogen and oxygen atoms in total. The molecule has 12 heteroatoms. The molecule has 0 heterocycles. The summed E-state index contributed by atoms with van der Waals surface area (Å²) in [6.07, 6.45) is 15.5. The van der Waals surface area contributed by atoms with Gasteiger partial charge in [-0.1, -0.05) is 108 Å². The first-order valence-electron chi connectivity index (χ1n) is 17.6. The molecule has 0 unspecified atom stereocenters. The fourth-order valence-electron chi connectivity index (χ4n) is 4.94. The molecule has 0 saturated carbocycles. The van der Waals surface area contributed by atoms with E-state index in [2.05, 4.69) is 13.8 Å². The van der Waals surface area contributed by atoms with E-state index in [4.69, 9.17) is 39.8 Å². The van der Waals surface area contributed by atoms with E-state index in [1.54, 1.807) is 42.7 Å². The van der Waals surface area contributed by atoms with Crippen LogP contribution in [0.25, 0.3) is 0 Å². The highest BCUT2D eigenvalue weighted by molar-refractivity contribution is 6.75. The number of benzene rings is 1. The maximum absolute atomic E-state index is 5.79. The van der Waals surface area contributed by atoms with E-state index in [0.717, 1.165) is 30.1 Å². The van der Waals surface area contributed by atoms with Gasteiger partial charge in [0.25, 0.3) is 0 Å². The molecule has 0 bridgehead atoms. The zero-order valence-electron chi connectivity index (χ0n) is 31.6. The van der Waals surface area contributed by atoms with Crippen LogP contribution in [0.5, 0.6) is 0 Å². The normalized spacial score (nSPS) is 11.9. The van der Waals surface area contributed by atoms with Gasteiger partial charge in [0.05, 0.1) is 0 Å². The van der Waals surface area contributed by atoms with Gasteiger partial charge in [-0.3, -0.25) is 0 Å². The molecule has 0 aliphatic rings. The molecule has 1 aromatic carbocycles. The number of unbranched alkanes of at least 4 members (excludes halogenated alkanes) is 10. The summed E-state index contributed by atoms with van der Waals surface area (Å²) in [5.74, 6) is 0. The Hall–Kier alpha value is -0.489. The fourth-order valence-corrected chi connectivity index (χ4v) is 11.0. The second-order valence-corrected chi connectivity index (χ2v) is 19.6. The van der Waals surface area contributed by atoms with Crippen molar-refractivity contribution >= 4 is 31.6 Å². The van der Waals surface area contributed by atoms with Crippen molar-refractivity contribution < 1.29 is 39.8 Å². The van der Waals surface area contributed by atoms with Crippen LogP contribution in [0.3, 0.4) is 0 Å². The zero-order valence-corrected chi connectivity index (χ0v) is 34.6. The molecule has 0 N–H and O–H groups in total. The molecule has 0 aliphatic carbocycles. The Labute approximate surface area is 287 Å². The van der Waals surface area contributed by atoms with Gasteiger partial charge in [0.15, 0.2) is 0 Å². The third-order valence-corrected chi connectivity index (χ3v) is 16.4. The van der Waals surface area contributed by atoms with E-state index >= 15 is 0 Å². The molecule has 1 rings (SSSR count). The highest BCUT2D eigenvalue weighted by Crippen LogP contribution is 2.19. The van der Waals surface area contributed by atoms with Crippen molar-refractivity contribution in [1.29, 1.82) is 0 Å². The maximum Gasteiger partial charge on any atom is 0.537 e. The summed E-state index contributed by atoms with van der Waals surface area (Å²) >= 11 is 0. The molecular weight excluding hydrogens is 637 g/mol. The number of hydrogen-bond acceptors (Lipinski definition) is 9. The highest BCUT2D eigenvalue weighted by Gasteiger charge is 2.43. The third-order valence-electron chi connectivity index (χ3n) is 7.67. The molecule has 0 fully saturated rings. The van der Waals surface area contributed by atoms with E-state index in [9.17, 15) is 0 Å². The summed E-state index contributed by atoms with van der Waals surface area (Å²) in [6.45, 7) is 12.1. The first-order valence-corrected chi connectivity index (χ1v) is 23.1. The van der Waals surface area contributed by atoms with Crippen LogP contribution >= 0.6 is 0 Å². The van der Waals surface area contributed by atoms with Crippen LogP contribution < -0.4 is 5.19 Å². The fraction of sp³-hybridized carbons (Fsp3) is 0.824. The lowest BCUT2D eigenvalue weighted by molar-refractivity contribution is 0.0859. The maximum atomic E-state index is 5.79. The topological polar surface area (TPSA) is 83.1 Å². The average Bonchev–Trinajstić information content (AvgIpc) is 3.10. The van der Waals surface area contributed by atoms with Crippen molar-refractivity contribution in [3.63, 3.8) is 0 Å². The van der Waals surface area contributed by atoms with E-state index in [1.807, 2.05) is 51.1 Å². The molecule has 0 spiro atoms.